The number of nitrogens with one attached hydrogen (secondary N) is 1. The topological polar surface area (TPSA) is 21.3 Å². The average molecular weight is 540 g/mol. The Labute approximate surface area is 179 Å². The lowest BCUT2D eigenvalue weighted by atomic mass is 10.1. The number of hydrogen-bond acceptors (Lipinski definition) is 2. The zero-order chi connectivity index (χ0) is 18.5. The molecule has 1 N–H and O–H groups in total. The molecule has 0 atom stereocenters. The lowest BCUT2D eigenvalue weighted by Crippen LogP contribution is -2.05. The molecule has 0 amide bonds. The van der Waals surface area contributed by atoms with Gasteiger partial charge >= 0.3 is 0 Å². The standard InChI is InChI=1S/C21H18Br3NO/c1-14-10-18(23)6-8-20(14)25-12-16-11-19(24)7-9-21(16)26-13-15-2-4-17(22)5-3-15/h2-11,25H,12-13H2,1H3. The smallest absolute Gasteiger partial charge is 0.124 e. The molecule has 0 aromatic heterocycles. The van der Waals surface area contributed by atoms with Gasteiger partial charge in [0.25, 0.3) is 0 Å². The zero-order valence-electron chi connectivity index (χ0n) is 14.2. The quantitative estimate of drug-likeness (QED) is 0.351. The van der Waals surface area contributed by atoms with Crippen molar-refractivity contribution in [3.05, 3.63) is 90.8 Å². The Balaban J connectivity index is 1.71. The van der Waals surface area contributed by atoms with E-state index in [9.17, 15) is 0 Å². The van der Waals surface area contributed by atoms with E-state index in [4.69, 9.17) is 4.74 Å². The third-order valence-corrected chi connectivity index (χ3v) is 5.50. The van der Waals surface area contributed by atoms with Crippen LogP contribution in [0.2, 0.25) is 0 Å². The van der Waals surface area contributed by atoms with Gasteiger partial charge in [0, 0.05) is 31.2 Å². The summed E-state index contributed by atoms with van der Waals surface area (Å²) in [5.41, 5.74) is 4.57. The Morgan fingerprint density at radius 2 is 1.46 bits per heavy atom. The molecule has 0 fully saturated rings. The predicted octanol–water partition coefficient (Wildman–Crippen LogP) is 7.47. The van der Waals surface area contributed by atoms with Crippen LogP contribution >= 0.6 is 47.8 Å². The fraction of sp³-hybridized carbons (Fsp3) is 0.143. The van der Waals surface area contributed by atoms with Crippen LogP contribution < -0.4 is 10.1 Å². The Bertz CT molecular complexity index is 894. The number of benzene rings is 3. The summed E-state index contributed by atoms with van der Waals surface area (Å²) in [5.74, 6) is 0.887. The highest BCUT2D eigenvalue weighted by Crippen LogP contribution is 2.27. The minimum absolute atomic E-state index is 0.541. The Hall–Kier alpha value is -1.30. The monoisotopic (exact) mass is 537 g/mol. The second-order valence-electron chi connectivity index (χ2n) is 5.98. The molecule has 3 aromatic carbocycles. The SMILES string of the molecule is Cc1cc(Br)ccc1NCc1cc(Br)ccc1OCc1ccc(Br)cc1. The molecule has 0 unspecified atom stereocenters. The van der Waals surface area contributed by atoms with Crippen molar-refractivity contribution in [2.45, 2.75) is 20.1 Å². The molecule has 134 valence electrons. The Morgan fingerprint density at radius 3 is 2.19 bits per heavy atom. The summed E-state index contributed by atoms with van der Waals surface area (Å²) >= 11 is 10.5. The van der Waals surface area contributed by atoms with E-state index in [2.05, 4.69) is 90.4 Å². The maximum Gasteiger partial charge on any atom is 0.124 e. The van der Waals surface area contributed by atoms with Crippen molar-refractivity contribution < 1.29 is 4.74 Å². The van der Waals surface area contributed by atoms with E-state index < -0.39 is 0 Å². The van der Waals surface area contributed by atoms with E-state index in [1.807, 2.05) is 30.3 Å². The normalized spacial score (nSPS) is 10.6. The van der Waals surface area contributed by atoms with Gasteiger partial charge in [0.05, 0.1) is 0 Å². The van der Waals surface area contributed by atoms with Crippen molar-refractivity contribution in [1.29, 1.82) is 0 Å². The fourth-order valence-corrected chi connectivity index (χ4v) is 3.73. The molecular formula is C21H18Br3NO. The number of aryl methyl sites for hydroxylation is 1. The molecule has 0 spiro atoms. The van der Waals surface area contributed by atoms with E-state index in [1.165, 1.54) is 5.56 Å². The molecule has 26 heavy (non-hydrogen) atoms. The molecule has 0 heterocycles. The lowest BCUT2D eigenvalue weighted by molar-refractivity contribution is 0.303. The largest absolute Gasteiger partial charge is 0.489 e. The van der Waals surface area contributed by atoms with E-state index in [0.29, 0.717) is 13.2 Å². The van der Waals surface area contributed by atoms with Gasteiger partial charge in [0.15, 0.2) is 0 Å². The van der Waals surface area contributed by atoms with Crippen molar-refractivity contribution in [2.75, 3.05) is 5.32 Å². The van der Waals surface area contributed by atoms with Gasteiger partial charge in [0.1, 0.15) is 12.4 Å². The molecule has 0 aliphatic heterocycles. The van der Waals surface area contributed by atoms with Crippen LogP contribution in [0.3, 0.4) is 0 Å². The summed E-state index contributed by atoms with van der Waals surface area (Å²) in [6.45, 7) is 3.33. The predicted molar refractivity (Wildman–Crippen MR) is 119 cm³/mol. The highest BCUT2D eigenvalue weighted by Gasteiger charge is 2.07. The van der Waals surface area contributed by atoms with Gasteiger partial charge in [-0.15, -0.1) is 0 Å². The first-order chi connectivity index (χ1) is 12.5. The van der Waals surface area contributed by atoms with E-state index in [0.717, 1.165) is 36.0 Å². The van der Waals surface area contributed by atoms with Gasteiger partial charge in [0.2, 0.25) is 0 Å². The summed E-state index contributed by atoms with van der Waals surface area (Å²) in [4.78, 5) is 0. The highest BCUT2D eigenvalue weighted by atomic mass is 79.9. The zero-order valence-corrected chi connectivity index (χ0v) is 19.0. The number of anilines is 1. The average Bonchev–Trinajstić information content (AvgIpc) is 2.61. The summed E-state index contributed by atoms with van der Waals surface area (Å²) in [5, 5.41) is 3.50. The molecule has 0 saturated heterocycles. The molecule has 0 saturated carbocycles. The molecule has 3 aromatic rings. The molecule has 3 rings (SSSR count). The van der Waals surface area contributed by atoms with Crippen LogP contribution in [0.4, 0.5) is 5.69 Å². The van der Waals surface area contributed by atoms with Gasteiger partial charge in [-0.2, -0.15) is 0 Å². The lowest BCUT2D eigenvalue weighted by Gasteiger charge is -2.15. The van der Waals surface area contributed by atoms with E-state index >= 15 is 0 Å². The molecule has 0 bridgehead atoms. The van der Waals surface area contributed by atoms with Crippen molar-refractivity contribution in [1.82, 2.24) is 0 Å². The first-order valence-corrected chi connectivity index (χ1v) is 10.5. The van der Waals surface area contributed by atoms with Crippen LogP contribution in [0.1, 0.15) is 16.7 Å². The summed E-state index contributed by atoms with van der Waals surface area (Å²) in [6, 6.07) is 20.5. The summed E-state index contributed by atoms with van der Waals surface area (Å²) in [6.07, 6.45) is 0. The van der Waals surface area contributed by atoms with Crippen LogP contribution in [-0.2, 0) is 13.2 Å². The van der Waals surface area contributed by atoms with Crippen LogP contribution in [-0.4, -0.2) is 0 Å². The molecule has 0 aliphatic carbocycles. The number of ether oxygens (including phenoxy) is 1. The Morgan fingerprint density at radius 1 is 0.808 bits per heavy atom. The number of halogens is 3. The number of hydrogen-bond donors (Lipinski definition) is 1. The minimum Gasteiger partial charge on any atom is -0.489 e. The third kappa shape index (κ3) is 5.35. The van der Waals surface area contributed by atoms with Gasteiger partial charge in [-0.05, 0) is 66.6 Å². The van der Waals surface area contributed by atoms with Crippen LogP contribution in [0.25, 0.3) is 0 Å². The van der Waals surface area contributed by atoms with Gasteiger partial charge in [-0.25, -0.2) is 0 Å². The Kier molecular flexibility index (Phi) is 6.79. The summed E-state index contributed by atoms with van der Waals surface area (Å²) < 4.78 is 9.27. The van der Waals surface area contributed by atoms with Crippen molar-refractivity contribution in [2.24, 2.45) is 0 Å². The second-order valence-corrected chi connectivity index (χ2v) is 8.73. The van der Waals surface area contributed by atoms with E-state index in [1.54, 1.807) is 0 Å². The molecule has 5 heteroatoms. The number of rotatable bonds is 6. The maximum absolute atomic E-state index is 6.07. The van der Waals surface area contributed by atoms with Gasteiger partial charge in [-0.1, -0.05) is 59.9 Å². The minimum atomic E-state index is 0.541. The van der Waals surface area contributed by atoms with Crippen molar-refractivity contribution in [3.63, 3.8) is 0 Å². The molecular weight excluding hydrogens is 522 g/mol. The fourth-order valence-electron chi connectivity index (χ4n) is 2.58. The molecule has 0 radical (unpaired) electrons. The summed E-state index contributed by atoms with van der Waals surface area (Å²) in [7, 11) is 0. The highest BCUT2D eigenvalue weighted by molar-refractivity contribution is 9.11. The van der Waals surface area contributed by atoms with Crippen molar-refractivity contribution in [3.8, 4) is 5.75 Å². The second kappa shape index (κ2) is 9.07. The molecule has 0 aliphatic rings. The first-order valence-electron chi connectivity index (χ1n) is 8.17. The molecule has 2 nitrogen and oxygen atoms in total. The van der Waals surface area contributed by atoms with E-state index in [-0.39, 0.29) is 0 Å². The van der Waals surface area contributed by atoms with Crippen LogP contribution in [0.5, 0.6) is 5.75 Å². The van der Waals surface area contributed by atoms with Crippen LogP contribution in [0.15, 0.2) is 74.1 Å². The van der Waals surface area contributed by atoms with Gasteiger partial charge < -0.3 is 10.1 Å². The maximum atomic E-state index is 6.07. The first kappa shape index (κ1) is 19.5. The third-order valence-electron chi connectivity index (χ3n) is 3.99. The van der Waals surface area contributed by atoms with Crippen LogP contribution in [0, 0.1) is 6.92 Å². The van der Waals surface area contributed by atoms with Gasteiger partial charge in [-0.3, -0.25) is 0 Å². The van der Waals surface area contributed by atoms with Crippen molar-refractivity contribution >= 4 is 53.5 Å².